The number of carbonyl (C=O) groups excluding carboxylic acids is 3. The maximum atomic E-state index is 11.9. The highest BCUT2D eigenvalue weighted by atomic mass is 16.5. The monoisotopic (exact) mass is 290 g/mol. The molecule has 21 heavy (non-hydrogen) atoms. The van der Waals surface area contributed by atoms with Gasteiger partial charge in [0.1, 0.15) is 18.8 Å². The summed E-state index contributed by atoms with van der Waals surface area (Å²) in [4.78, 5) is 35.6. The number of rotatable bonds is 4. The molecule has 1 aromatic rings. The molecular formula is C15H18N2O4. The summed E-state index contributed by atoms with van der Waals surface area (Å²) in [5, 5.41) is 2.16. The molecule has 1 fully saturated rings. The summed E-state index contributed by atoms with van der Waals surface area (Å²) in [6.07, 6.45) is 0.133. The Hall–Kier alpha value is -2.37. The Balaban J connectivity index is 1.84. The van der Waals surface area contributed by atoms with Crippen molar-refractivity contribution in [2.75, 3.05) is 19.7 Å². The minimum absolute atomic E-state index is 0.0753. The zero-order valence-corrected chi connectivity index (χ0v) is 12.1. The largest absolute Gasteiger partial charge is 0.493 e. The second-order valence-electron chi connectivity index (χ2n) is 5.09. The van der Waals surface area contributed by atoms with Crippen molar-refractivity contribution >= 4 is 17.7 Å². The van der Waals surface area contributed by atoms with Gasteiger partial charge in [0.25, 0.3) is 0 Å². The number of nitrogens with one attached hydrogen (secondary N) is 1. The van der Waals surface area contributed by atoms with Gasteiger partial charge in [-0.05, 0) is 25.5 Å². The van der Waals surface area contributed by atoms with Gasteiger partial charge in [0.15, 0.2) is 0 Å². The van der Waals surface area contributed by atoms with Gasteiger partial charge in [-0.3, -0.25) is 19.7 Å². The lowest BCUT2D eigenvalue weighted by Gasteiger charge is -2.25. The van der Waals surface area contributed by atoms with Gasteiger partial charge >= 0.3 is 0 Å². The first kappa shape index (κ1) is 15.0. The van der Waals surface area contributed by atoms with Gasteiger partial charge in [0.05, 0.1) is 13.0 Å². The van der Waals surface area contributed by atoms with Crippen molar-refractivity contribution in [2.24, 2.45) is 0 Å². The molecule has 0 radical (unpaired) electrons. The molecule has 2 rings (SSSR count). The third kappa shape index (κ3) is 4.05. The van der Waals surface area contributed by atoms with Gasteiger partial charge in [-0.25, -0.2) is 0 Å². The van der Waals surface area contributed by atoms with E-state index in [1.165, 1.54) is 4.90 Å². The van der Waals surface area contributed by atoms with Crippen LogP contribution in [0.5, 0.6) is 5.75 Å². The first-order valence-electron chi connectivity index (χ1n) is 6.76. The van der Waals surface area contributed by atoms with Crippen LogP contribution < -0.4 is 10.1 Å². The fourth-order valence-electron chi connectivity index (χ4n) is 2.18. The highest BCUT2D eigenvalue weighted by molar-refractivity contribution is 6.02. The average molecular weight is 290 g/mol. The first-order valence-corrected chi connectivity index (χ1v) is 6.76. The van der Waals surface area contributed by atoms with Crippen molar-refractivity contribution in [1.82, 2.24) is 10.2 Å². The van der Waals surface area contributed by atoms with E-state index in [0.717, 1.165) is 16.9 Å². The van der Waals surface area contributed by atoms with Crippen molar-refractivity contribution in [3.8, 4) is 5.75 Å². The quantitative estimate of drug-likeness (QED) is 0.822. The molecule has 1 saturated heterocycles. The number of amides is 3. The molecule has 6 nitrogen and oxygen atoms in total. The van der Waals surface area contributed by atoms with Gasteiger partial charge in [0, 0.05) is 0 Å². The summed E-state index contributed by atoms with van der Waals surface area (Å²) in [6.45, 7) is 4.01. The Kier molecular flexibility index (Phi) is 4.57. The van der Waals surface area contributed by atoms with Crippen molar-refractivity contribution in [2.45, 2.75) is 20.3 Å². The van der Waals surface area contributed by atoms with Gasteiger partial charge in [0.2, 0.25) is 17.7 Å². The molecule has 0 aromatic heterocycles. The van der Waals surface area contributed by atoms with Crippen LogP contribution >= 0.6 is 0 Å². The van der Waals surface area contributed by atoms with E-state index in [1.807, 2.05) is 32.0 Å². The molecule has 1 aromatic carbocycles. The molecule has 0 bridgehead atoms. The summed E-state index contributed by atoms with van der Waals surface area (Å²) in [7, 11) is 0. The molecule has 3 amide bonds. The minimum atomic E-state index is -0.449. The second-order valence-corrected chi connectivity index (χ2v) is 5.09. The number of benzene rings is 1. The van der Waals surface area contributed by atoms with E-state index in [4.69, 9.17) is 4.74 Å². The molecule has 1 heterocycles. The van der Waals surface area contributed by atoms with E-state index in [-0.39, 0.29) is 32.0 Å². The Morgan fingerprint density at radius 1 is 1.24 bits per heavy atom. The molecule has 0 spiro atoms. The molecule has 1 aliphatic heterocycles. The summed E-state index contributed by atoms with van der Waals surface area (Å²) >= 11 is 0. The molecule has 1 N–H and O–H groups in total. The second kappa shape index (κ2) is 6.39. The smallest absolute Gasteiger partial charge is 0.246 e. The van der Waals surface area contributed by atoms with Crippen molar-refractivity contribution in [1.29, 1.82) is 0 Å². The van der Waals surface area contributed by atoms with Gasteiger partial charge in [-0.15, -0.1) is 0 Å². The third-order valence-electron chi connectivity index (χ3n) is 3.20. The molecule has 0 atom stereocenters. The van der Waals surface area contributed by atoms with Crippen LogP contribution in [0.15, 0.2) is 18.2 Å². The molecule has 1 aliphatic rings. The van der Waals surface area contributed by atoms with Crippen LogP contribution in [0.4, 0.5) is 0 Å². The lowest BCUT2D eigenvalue weighted by molar-refractivity contribution is -0.145. The summed E-state index contributed by atoms with van der Waals surface area (Å²) < 4.78 is 5.57. The standard InChI is InChI=1S/C15H18N2O4/c1-10-3-4-12(11(2)7-10)21-6-5-15(20)17-8-13(18)16-14(19)9-17/h3-4,7H,5-6,8-9H2,1-2H3,(H,16,18,19). The van der Waals surface area contributed by atoms with Crippen LogP contribution in [0.1, 0.15) is 17.5 Å². The van der Waals surface area contributed by atoms with Crippen molar-refractivity contribution < 1.29 is 19.1 Å². The minimum Gasteiger partial charge on any atom is -0.493 e. The van der Waals surface area contributed by atoms with E-state index in [9.17, 15) is 14.4 Å². The van der Waals surface area contributed by atoms with Gasteiger partial charge in [-0.2, -0.15) is 0 Å². The number of aryl methyl sites for hydroxylation is 2. The zero-order chi connectivity index (χ0) is 15.4. The number of carbonyl (C=O) groups is 3. The first-order chi connectivity index (χ1) is 9.95. The molecule has 112 valence electrons. The Labute approximate surface area is 123 Å². The summed E-state index contributed by atoms with van der Waals surface area (Å²) in [5.74, 6) is -0.423. The molecular weight excluding hydrogens is 272 g/mol. The maximum absolute atomic E-state index is 11.9. The predicted molar refractivity (Wildman–Crippen MR) is 75.8 cm³/mol. The highest BCUT2D eigenvalue weighted by Crippen LogP contribution is 2.18. The maximum Gasteiger partial charge on any atom is 0.246 e. The lowest BCUT2D eigenvalue weighted by atomic mass is 10.1. The van der Waals surface area contributed by atoms with E-state index in [2.05, 4.69) is 5.32 Å². The Morgan fingerprint density at radius 2 is 1.90 bits per heavy atom. The number of hydrogen-bond donors (Lipinski definition) is 1. The third-order valence-corrected chi connectivity index (χ3v) is 3.20. The van der Waals surface area contributed by atoms with E-state index >= 15 is 0 Å². The van der Waals surface area contributed by atoms with Crippen LogP contribution in [0.3, 0.4) is 0 Å². The van der Waals surface area contributed by atoms with Crippen LogP contribution in [0.25, 0.3) is 0 Å². The van der Waals surface area contributed by atoms with Crippen LogP contribution in [0.2, 0.25) is 0 Å². The Bertz CT molecular complexity index is 567. The number of nitrogens with zero attached hydrogens (tertiary/aromatic N) is 1. The SMILES string of the molecule is Cc1ccc(OCCC(=O)N2CC(=O)NC(=O)C2)c(C)c1. The topological polar surface area (TPSA) is 75.7 Å². The zero-order valence-electron chi connectivity index (χ0n) is 12.1. The number of ether oxygens (including phenoxy) is 1. The Morgan fingerprint density at radius 3 is 2.52 bits per heavy atom. The van der Waals surface area contributed by atoms with Crippen LogP contribution in [-0.4, -0.2) is 42.3 Å². The number of hydrogen-bond acceptors (Lipinski definition) is 4. The molecule has 0 unspecified atom stereocenters. The van der Waals surface area contributed by atoms with E-state index in [1.54, 1.807) is 0 Å². The number of piperazine rings is 1. The van der Waals surface area contributed by atoms with Gasteiger partial charge < -0.3 is 9.64 Å². The fourth-order valence-corrected chi connectivity index (χ4v) is 2.18. The highest BCUT2D eigenvalue weighted by Gasteiger charge is 2.25. The number of imide groups is 1. The predicted octanol–water partition coefficient (Wildman–Crippen LogP) is 0.557. The van der Waals surface area contributed by atoms with Gasteiger partial charge in [-0.1, -0.05) is 17.7 Å². The van der Waals surface area contributed by atoms with Crippen LogP contribution in [-0.2, 0) is 14.4 Å². The molecule has 0 saturated carbocycles. The fraction of sp³-hybridized carbons (Fsp3) is 0.400. The van der Waals surface area contributed by atoms with E-state index in [0.29, 0.717) is 0 Å². The van der Waals surface area contributed by atoms with Crippen molar-refractivity contribution in [3.63, 3.8) is 0 Å². The summed E-state index contributed by atoms with van der Waals surface area (Å²) in [6, 6.07) is 5.82. The average Bonchev–Trinajstić information content (AvgIpc) is 2.40. The van der Waals surface area contributed by atoms with Crippen molar-refractivity contribution in [3.05, 3.63) is 29.3 Å². The summed E-state index contributed by atoms with van der Waals surface area (Å²) in [5.41, 5.74) is 2.16. The normalized spacial score (nSPS) is 14.9. The lowest BCUT2D eigenvalue weighted by Crippen LogP contribution is -2.53. The molecule has 0 aliphatic carbocycles. The van der Waals surface area contributed by atoms with E-state index < -0.39 is 11.8 Å². The molecule has 6 heteroatoms. The van der Waals surface area contributed by atoms with Crippen LogP contribution in [0, 0.1) is 13.8 Å².